The molecule has 0 unspecified atom stereocenters. The van der Waals surface area contributed by atoms with E-state index in [9.17, 15) is 14.7 Å². The van der Waals surface area contributed by atoms with Crippen LogP contribution in [-0.2, 0) is 4.79 Å². The van der Waals surface area contributed by atoms with E-state index in [1.54, 1.807) is 19.1 Å². The standard InChI is InChI=1S/C19H22N2O3/c1-12(2)18(23)20-10-5-11-21-19(24)16-9-8-14-13(3)6-4-7-15(14)17(16)22/h4,6-9,22H,1,5,10-11H2,2-3H3,(H,20,23)(H,21,24). The number of fused-ring (bicyclic) bond motifs is 1. The van der Waals surface area contributed by atoms with Crippen LogP contribution in [-0.4, -0.2) is 30.0 Å². The van der Waals surface area contributed by atoms with Gasteiger partial charge < -0.3 is 15.7 Å². The molecule has 2 aromatic carbocycles. The summed E-state index contributed by atoms with van der Waals surface area (Å²) in [5.74, 6) is -0.532. The number of phenolic OH excluding ortho intramolecular Hbond substituents is 1. The van der Waals surface area contributed by atoms with Gasteiger partial charge in [-0.05, 0) is 37.3 Å². The number of carbonyl (C=O) groups excluding carboxylic acids is 2. The lowest BCUT2D eigenvalue weighted by Crippen LogP contribution is -2.30. The fourth-order valence-electron chi connectivity index (χ4n) is 2.42. The molecule has 0 aliphatic heterocycles. The lowest BCUT2D eigenvalue weighted by atomic mass is 10.0. The average Bonchev–Trinajstić information content (AvgIpc) is 2.55. The Kier molecular flexibility index (Phi) is 5.58. The Morgan fingerprint density at radius 2 is 1.79 bits per heavy atom. The van der Waals surface area contributed by atoms with Crippen molar-refractivity contribution in [1.29, 1.82) is 0 Å². The molecule has 2 amide bonds. The van der Waals surface area contributed by atoms with Crippen molar-refractivity contribution in [2.24, 2.45) is 0 Å². The fraction of sp³-hybridized carbons (Fsp3) is 0.263. The Hall–Kier alpha value is -2.82. The molecule has 0 atom stereocenters. The molecule has 0 fully saturated rings. The molecular formula is C19H22N2O3. The first-order valence-corrected chi connectivity index (χ1v) is 7.85. The van der Waals surface area contributed by atoms with Crippen molar-refractivity contribution in [2.45, 2.75) is 20.3 Å². The molecule has 0 aliphatic carbocycles. The van der Waals surface area contributed by atoms with Gasteiger partial charge in [0.15, 0.2) is 0 Å². The second-order valence-electron chi connectivity index (χ2n) is 5.78. The molecule has 5 heteroatoms. The Morgan fingerprint density at radius 1 is 1.08 bits per heavy atom. The first kappa shape index (κ1) is 17.5. The van der Waals surface area contributed by atoms with Crippen LogP contribution in [0.2, 0.25) is 0 Å². The minimum Gasteiger partial charge on any atom is -0.506 e. The maximum atomic E-state index is 12.2. The number of benzene rings is 2. The van der Waals surface area contributed by atoms with Gasteiger partial charge in [0, 0.05) is 24.0 Å². The number of carbonyl (C=O) groups is 2. The number of hydrogen-bond donors (Lipinski definition) is 3. The zero-order valence-electron chi connectivity index (χ0n) is 14.0. The van der Waals surface area contributed by atoms with Crippen molar-refractivity contribution >= 4 is 22.6 Å². The number of phenols is 1. The Bertz CT molecular complexity index is 797. The monoisotopic (exact) mass is 326 g/mol. The Balaban J connectivity index is 1.96. The van der Waals surface area contributed by atoms with E-state index in [2.05, 4.69) is 17.2 Å². The van der Waals surface area contributed by atoms with E-state index in [-0.39, 0.29) is 23.1 Å². The topological polar surface area (TPSA) is 78.4 Å². The highest BCUT2D eigenvalue weighted by molar-refractivity contribution is 6.04. The summed E-state index contributed by atoms with van der Waals surface area (Å²) in [5, 5.41) is 17.4. The van der Waals surface area contributed by atoms with Crippen LogP contribution in [0.15, 0.2) is 42.5 Å². The molecule has 0 saturated carbocycles. The summed E-state index contributed by atoms with van der Waals surface area (Å²) in [5.41, 5.74) is 1.75. The molecule has 0 aliphatic rings. The molecule has 0 heterocycles. The second kappa shape index (κ2) is 7.64. The van der Waals surface area contributed by atoms with Crippen LogP contribution < -0.4 is 10.6 Å². The summed E-state index contributed by atoms with van der Waals surface area (Å²) in [6, 6.07) is 9.07. The van der Waals surface area contributed by atoms with Crippen molar-refractivity contribution < 1.29 is 14.7 Å². The van der Waals surface area contributed by atoms with Crippen LogP contribution in [0.5, 0.6) is 5.75 Å². The molecule has 2 aromatic rings. The van der Waals surface area contributed by atoms with Crippen molar-refractivity contribution in [3.8, 4) is 5.75 Å². The predicted octanol–water partition coefficient (Wildman–Crippen LogP) is 2.67. The van der Waals surface area contributed by atoms with Gasteiger partial charge in [0.25, 0.3) is 5.91 Å². The lowest BCUT2D eigenvalue weighted by molar-refractivity contribution is -0.117. The predicted molar refractivity (Wildman–Crippen MR) is 95.1 cm³/mol. The van der Waals surface area contributed by atoms with Gasteiger partial charge >= 0.3 is 0 Å². The summed E-state index contributed by atoms with van der Waals surface area (Å²) in [4.78, 5) is 23.6. The van der Waals surface area contributed by atoms with E-state index in [4.69, 9.17) is 0 Å². The number of nitrogens with one attached hydrogen (secondary N) is 2. The molecule has 2 rings (SSSR count). The van der Waals surface area contributed by atoms with Gasteiger partial charge in [0.2, 0.25) is 5.91 Å². The molecule has 3 N–H and O–H groups in total. The van der Waals surface area contributed by atoms with E-state index < -0.39 is 0 Å². The maximum Gasteiger partial charge on any atom is 0.255 e. The maximum absolute atomic E-state index is 12.2. The Labute approximate surface area is 141 Å². The fourth-order valence-corrected chi connectivity index (χ4v) is 2.42. The number of aromatic hydroxyl groups is 1. The highest BCUT2D eigenvalue weighted by Gasteiger charge is 2.14. The summed E-state index contributed by atoms with van der Waals surface area (Å²) < 4.78 is 0. The molecule has 0 spiro atoms. The highest BCUT2D eigenvalue weighted by Crippen LogP contribution is 2.30. The summed E-state index contributed by atoms with van der Waals surface area (Å²) in [6.07, 6.45) is 0.595. The SMILES string of the molecule is C=C(C)C(=O)NCCCNC(=O)c1ccc2c(C)cccc2c1O. The molecule has 0 saturated heterocycles. The van der Waals surface area contributed by atoms with Crippen molar-refractivity contribution in [1.82, 2.24) is 10.6 Å². The van der Waals surface area contributed by atoms with E-state index >= 15 is 0 Å². The van der Waals surface area contributed by atoms with Crippen molar-refractivity contribution in [2.75, 3.05) is 13.1 Å². The number of aryl methyl sites for hydroxylation is 1. The molecule has 24 heavy (non-hydrogen) atoms. The van der Waals surface area contributed by atoms with Crippen LogP contribution in [0.25, 0.3) is 10.8 Å². The normalized spacial score (nSPS) is 10.4. The van der Waals surface area contributed by atoms with Crippen LogP contribution in [0.1, 0.15) is 29.3 Å². The Morgan fingerprint density at radius 3 is 2.50 bits per heavy atom. The van der Waals surface area contributed by atoms with Crippen LogP contribution in [0.4, 0.5) is 0 Å². The largest absolute Gasteiger partial charge is 0.506 e. The number of hydrogen-bond acceptors (Lipinski definition) is 3. The van der Waals surface area contributed by atoms with Gasteiger partial charge in [-0.25, -0.2) is 0 Å². The molecule has 0 radical (unpaired) electrons. The van der Waals surface area contributed by atoms with Gasteiger partial charge in [0.05, 0.1) is 5.56 Å². The van der Waals surface area contributed by atoms with Gasteiger partial charge in [-0.2, -0.15) is 0 Å². The third-order valence-electron chi connectivity index (χ3n) is 3.81. The van der Waals surface area contributed by atoms with Crippen LogP contribution >= 0.6 is 0 Å². The number of amides is 2. The highest BCUT2D eigenvalue weighted by atomic mass is 16.3. The minimum atomic E-state index is -0.331. The molecular weight excluding hydrogens is 304 g/mol. The first-order chi connectivity index (χ1) is 11.4. The van der Waals surface area contributed by atoms with Crippen molar-refractivity contribution in [3.05, 3.63) is 53.6 Å². The van der Waals surface area contributed by atoms with E-state index in [1.807, 2.05) is 25.1 Å². The van der Waals surface area contributed by atoms with E-state index in [0.717, 1.165) is 10.9 Å². The summed E-state index contributed by atoms with van der Waals surface area (Å²) in [7, 11) is 0. The molecule has 0 bridgehead atoms. The second-order valence-corrected chi connectivity index (χ2v) is 5.78. The van der Waals surface area contributed by atoms with Crippen LogP contribution in [0.3, 0.4) is 0 Å². The molecule has 126 valence electrons. The average molecular weight is 326 g/mol. The van der Waals surface area contributed by atoms with Crippen molar-refractivity contribution in [3.63, 3.8) is 0 Å². The zero-order chi connectivity index (χ0) is 17.7. The molecule has 5 nitrogen and oxygen atoms in total. The summed E-state index contributed by atoms with van der Waals surface area (Å²) >= 11 is 0. The lowest BCUT2D eigenvalue weighted by Gasteiger charge is -2.10. The van der Waals surface area contributed by atoms with Gasteiger partial charge in [0.1, 0.15) is 5.75 Å². The van der Waals surface area contributed by atoms with Crippen LogP contribution in [0, 0.1) is 6.92 Å². The smallest absolute Gasteiger partial charge is 0.255 e. The third kappa shape index (κ3) is 3.93. The molecule has 0 aromatic heterocycles. The quantitative estimate of drug-likeness (QED) is 0.564. The zero-order valence-corrected chi connectivity index (χ0v) is 14.0. The third-order valence-corrected chi connectivity index (χ3v) is 3.81. The van der Waals surface area contributed by atoms with E-state index in [1.165, 1.54) is 0 Å². The van der Waals surface area contributed by atoms with Gasteiger partial charge in [-0.3, -0.25) is 9.59 Å². The summed E-state index contributed by atoms with van der Waals surface area (Å²) in [6.45, 7) is 8.01. The minimum absolute atomic E-state index is 0.00992. The van der Waals surface area contributed by atoms with Gasteiger partial charge in [-0.15, -0.1) is 0 Å². The van der Waals surface area contributed by atoms with E-state index in [0.29, 0.717) is 30.5 Å². The first-order valence-electron chi connectivity index (χ1n) is 7.85. The number of rotatable bonds is 6. The van der Waals surface area contributed by atoms with Gasteiger partial charge in [-0.1, -0.05) is 30.8 Å².